The molecule has 0 saturated carbocycles. The van der Waals surface area contributed by atoms with Gasteiger partial charge in [-0.2, -0.15) is 5.10 Å². The topological polar surface area (TPSA) is 97.6 Å². The van der Waals surface area contributed by atoms with Crippen molar-refractivity contribution in [2.45, 2.75) is 19.3 Å². The standard InChI is InChI=1S/C11H11N5O/c12-11(17)10-7-3-1-2-6-4-13-5-14-8(6)9(7)15-16-10/h4-5H,1-3H2,(H2,12,17)(H,15,16). The van der Waals surface area contributed by atoms with E-state index in [0.29, 0.717) is 5.69 Å². The van der Waals surface area contributed by atoms with Crippen LogP contribution >= 0.6 is 0 Å². The van der Waals surface area contributed by atoms with Crippen LogP contribution in [0, 0.1) is 0 Å². The van der Waals surface area contributed by atoms with Crippen molar-refractivity contribution >= 4 is 5.91 Å². The Balaban J connectivity index is 2.24. The van der Waals surface area contributed by atoms with E-state index < -0.39 is 5.91 Å². The van der Waals surface area contributed by atoms with Crippen molar-refractivity contribution in [1.82, 2.24) is 20.2 Å². The largest absolute Gasteiger partial charge is 0.364 e. The van der Waals surface area contributed by atoms with E-state index in [1.807, 2.05) is 6.20 Å². The van der Waals surface area contributed by atoms with Crippen LogP contribution in [0.4, 0.5) is 0 Å². The molecule has 0 bridgehead atoms. The first-order valence-corrected chi connectivity index (χ1v) is 5.43. The Hall–Kier alpha value is -2.24. The highest BCUT2D eigenvalue weighted by molar-refractivity contribution is 5.94. The summed E-state index contributed by atoms with van der Waals surface area (Å²) in [6, 6.07) is 0. The van der Waals surface area contributed by atoms with E-state index in [1.54, 1.807) is 0 Å². The third-order valence-electron chi connectivity index (χ3n) is 3.00. The number of nitrogens with zero attached hydrogens (tertiary/aromatic N) is 3. The molecular formula is C11H11N5O. The van der Waals surface area contributed by atoms with Crippen molar-refractivity contribution < 1.29 is 4.79 Å². The van der Waals surface area contributed by atoms with Crippen molar-refractivity contribution in [3.8, 4) is 11.4 Å². The van der Waals surface area contributed by atoms with Crippen LogP contribution in [-0.4, -0.2) is 26.1 Å². The second-order valence-electron chi connectivity index (χ2n) is 4.04. The number of amides is 1. The predicted octanol–water partition coefficient (Wildman–Crippen LogP) is 0.454. The van der Waals surface area contributed by atoms with Crippen molar-refractivity contribution in [2.24, 2.45) is 5.73 Å². The molecule has 0 atom stereocenters. The second-order valence-corrected chi connectivity index (χ2v) is 4.04. The molecule has 1 aliphatic carbocycles. The van der Waals surface area contributed by atoms with E-state index >= 15 is 0 Å². The molecule has 0 aliphatic heterocycles. The monoisotopic (exact) mass is 229 g/mol. The first kappa shape index (κ1) is 9.95. The quantitative estimate of drug-likeness (QED) is 0.742. The number of nitrogens with two attached hydrogens (primary N) is 1. The highest BCUT2D eigenvalue weighted by atomic mass is 16.1. The Bertz CT molecular complexity index is 589. The van der Waals surface area contributed by atoms with E-state index in [0.717, 1.165) is 41.8 Å². The van der Waals surface area contributed by atoms with Crippen LogP contribution in [0.2, 0.25) is 0 Å². The van der Waals surface area contributed by atoms with Crippen LogP contribution in [-0.2, 0) is 12.8 Å². The third kappa shape index (κ3) is 1.49. The lowest BCUT2D eigenvalue weighted by Gasteiger charge is -2.01. The van der Waals surface area contributed by atoms with Gasteiger partial charge < -0.3 is 5.73 Å². The van der Waals surface area contributed by atoms with Crippen molar-refractivity contribution in [3.05, 3.63) is 29.3 Å². The zero-order valence-electron chi connectivity index (χ0n) is 9.10. The van der Waals surface area contributed by atoms with Gasteiger partial charge in [0.2, 0.25) is 0 Å². The lowest BCUT2D eigenvalue weighted by molar-refractivity contribution is 0.0994. The zero-order chi connectivity index (χ0) is 11.8. The Morgan fingerprint density at radius 2 is 2.29 bits per heavy atom. The number of hydrogen-bond acceptors (Lipinski definition) is 4. The lowest BCUT2D eigenvalue weighted by atomic mass is 10.1. The molecule has 86 valence electrons. The number of hydrogen-bond donors (Lipinski definition) is 2. The van der Waals surface area contributed by atoms with Crippen molar-refractivity contribution in [2.75, 3.05) is 0 Å². The summed E-state index contributed by atoms with van der Waals surface area (Å²) >= 11 is 0. The number of aromatic nitrogens is 4. The van der Waals surface area contributed by atoms with Gasteiger partial charge in [0.15, 0.2) is 5.69 Å². The van der Waals surface area contributed by atoms with Crippen LogP contribution in [0.3, 0.4) is 0 Å². The molecule has 0 aromatic carbocycles. The molecule has 2 aromatic heterocycles. The minimum Gasteiger partial charge on any atom is -0.364 e. The number of rotatable bonds is 1. The van der Waals surface area contributed by atoms with Crippen LogP contribution in [0.5, 0.6) is 0 Å². The molecule has 0 radical (unpaired) electrons. The molecule has 3 N–H and O–H groups in total. The van der Waals surface area contributed by atoms with Gasteiger partial charge in [0.25, 0.3) is 5.91 Å². The first-order chi connectivity index (χ1) is 8.27. The number of primary amides is 1. The summed E-state index contributed by atoms with van der Waals surface area (Å²) in [5.41, 5.74) is 9.20. The van der Waals surface area contributed by atoms with Gasteiger partial charge in [-0.3, -0.25) is 9.89 Å². The molecule has 6 heteroatoms. The summed E-state index contributed by atoms with van der Waals surface area (Å²) in [7, 11) is 0. The zero-order valence-corrected chi connectivity index (χ0v) is 9.10. The average molecular weight is 229 g/mol. The molecule has 6 nitrogen and oxygen atoms in total. The van der Waals surface area contributed by atoms with Gasteiger partial charge in [0, 0.05) is 11.8 Å². The Kier molecular flexibility index (Phi) is 2.14. The maximum atomic E-state index is 11.3. The molecule has 17 heavy (non-hydrogen) atoms. The van der Waals surface area contributed by atoms with E-state index in [-0.39, 0.29) is 0 Å². The summed E-state index contributed by atoms with van der Waals surface area (Å²) in [5, 5.41) is 6.84. The fourth-order valence-electron chi connectivity index (χ4n) is 2.23. The van der Waals surface area contributed by atoms with E-state index in [9.17, 15) is 4.79 Å². The summed E-state index contributed by atoms with van der Waals surface area (Å²) in [5.74, 6) is -0.500. The number of H-pyrrole nitrogens is 1. The third-order valence-corrected chi connectivity index (χ3v) is 3.00. The summed E-state index contributed by atoms with van der Waals surface area (Å²) in [6.07, 6.45) is 5.92. The average Bonchev–Trinajstić information content (AvgIpc) is 2.66. The maximum absolute atomic E-state index is 11.3. The second kappa shape index (κ2) is 3.65. The Morgan fingerprint density at radius 1 is 1.41 bits per heavy atom. The van der Waals surface area contributed by atoms with E-state index in [2.05, 4.69) is 20.2 Å². The molecule has 0 fully saturated rings. The van der Waals surface area contributed by atoms with E-state index in [4.69, 9.17) is 5.73 Å². The number of aromatic amines is 1. The van der Waals surface area contributed by atoms with Crippen molar-refractivity contribution in [1.29, 1.82) is 0 Å². The Labute approximate surface area is 97.3 Å². The number of aryl methyl sites for hydroxylation is 1. The van der Waals surface area contributed by atoms with Crippen molar-refractivity contribution in [3.63, 3.8) is 0 Å². The molecule has 0 spiro atoms. The predicted molar refractivity (Wildman–Crippen MR) is 60.2 cm³/mol. The highest BCUT2D eigenvalue weighted by Crippen LogP contribution is 2.30. The minimum absolute atomic E-state index is 0.325. The maximum Gasteiger partial charge on any atom is 0.269 e. The van der Waals surface area contributed by atoms with Gasteiger partial charge in [-0.15, -0.1) is 0 Å². The van der Waals surface area contributed by atoms with Crippen LogP contribution < -0.4 is 5.73 Å². The molecule has 3 rings (SSSR count). The number of carbonyl (C=O) groups excluding carboxylic acids is 1. The van der Waals surface area contributed by atoms with Gasteiger partial charge in [-0.1, -0.05) is 0 Å². The van der Waals surface area contributed by atoms with Crippen LogP contribution in [0.15, 0.2) is 12.5 Å². The highest BCUT2D eigenvalue weighted by Gasteiger charge is 2.23. The fraction of sp³-hybridized carbons (Fsp3) is 0.273. The molecule has 2 aromatic rings. The normalized spacial score (nSPS) is 13.6. The van der Waals surface area contributed by atoms with Gasteiger partial charge >= 0.3 is 0 Å². The molecule has 1 aliphatic rings. The van der Waals surface area contributed by atoms with Gasteiger partial charge in [-0.05, 0) is 24.8 Å². The van der Waals surface area contributed by atoms with Gasteiger partial charge in [0.05, 0.1) is 11.4 Å². The fourth-order valence-corrected chi connectivity index (χ4v) is 2.23. The summed E-state index contributed by atoms with van der Waals surface area (Å²) < 4.78 is 0. The van der Waals surface area contributed by atoms with Gasteiger partial charge in [0.1, 0.15) is 6.33 Å². The summed E-state index contributed by atoms with van der Waals surface area (Å²) in [6.45, 7) is 0. The van der Waals surface area contributed by atoms with Gasteiger partial charge in [-0.25, -0.2) is 9.97 Å². The van der Waals surface area contributed by atoms with Crippen LogP contribution in [0.1, 0.15) is 28.0 Å². The SMILES string of the molecule is NC(=O)c1n[nH]c2c1CCCc1cncnc1-2. The summed E-state index contributed by atoms with van der Waals surface area (Å²) in [4.78, 5) is 19.5. The number of nitrogens with one attached hydrogen (secondary N) is 1. The smallest absolute Gasteiger partial charge is 0.269 e. The molecular weight excluding hydrogens is 218 g/mol. The molecule has 0 unspecified atom stereocenters. The number of carbonyl (C=O) groups is 1. The van der Waals surface area contributed by atoms with E-state index in [1.165, 1.54) is 6.33 Å². The first-order valence-electron chi connectivity index (χ1n) is 5.43. The molecule has 1 amide bonds. The number of fused-ring (bicyclic) bond motifs is 3. The Morgan fingerprint density at radius 3 is 3.12 bits per heavy atom. The lowest BCUT2D eigenvalue weighted by Crippen LogP contribution is -2.13. The minimum atomic E-state index is -0.500. The van der Waals surface area contributed by atoms with Crippen LogP contribution in [0.25, 0.3) is 11.4 Å². The molecule has 0 saturated heterocycles. The molecule has 2 heterocycles.